The number of phosphoric ester groups is 1. The van der Waals surface area contributed by atoms with E-state index >= 15 is 0 Å². The predicted molar refractivity (Wildman–Crippen MR) is 116 cm³/mol. The number of phosphoric acid groups is 1. The van der Waals surface area contributed by atoms with Crippen LogP contribution in [0.2, 0.25) is 0 Å². The average molecular weight is 497 g/mol. The highest BCUT2D eigenvalue weighted by atomic mass is 32.1. The molecule has 2 aromatic heterocycles. The predicted octanol–water partition coefficient (Wildman–Crippen LogP) is -0.0897. The minimum Gasteiger partial charge on any atom is -0.387 e. The smallest absolute Gasteiger partial charge is 0.387 e. The van der Waals surface area contributed by atoms with Crippen molar-refractivity contribution in [1.29, 1.82) is 0 Å². The zero-order chi connectivity index (χ0) is 23.8. The molecule has 0 aliphatic carbocycles. The summed E-state index contributed by atoms with van der Waals surface area (Å²) in [4.78, 5) is 48.0. The molecule has 1 aliphatic heterocycles. The lowest BCUT2D eigenvalue weighted by molar-refractivity contribution is -0.0548. The Balaban J connectivity index is 1.58. The van der Waals surface area contributed by atoms with Crippen molar-refractivity contribution >= 4 is 19.2 Å². The second-order valence-corrected chi connectivity index (χ2v) is 9.61. The first-order valence-corrected chi connectivity index (χ1v) is 12.0. The van der Waals surface area contributed by atoms with Crippen LogP contribution in [-0.4, -0.2) is 59.0 Å². The Labute approximate surface area is 190 Å². The van der Waals surface area contributed by atoms with Crippen LogP contribution in [0, 0.1) is 0 Å². The minimum atomic E-state index is -4.83. The molecular weight excluding hydrogens is 477 g/mol. The van der Waals surface area contributed by atoms with Crippen LogP contribution in [0.1, 0.15) is 11.1 Å². The third-order valence-corrected chi connectivity index (χ3v) is 6.52. The van der Waals surface area contributed by atoms with Crippen molar-refractivity contribution < 1.29 is 33.8 Å². The third kappa shape index (κ3) is 5.21. The fraction of sp³-hybridized carbons (Fsp3) is 0.316. The molecule has 1 saturated heterocycles. The molecule has 0 spiro atoms. The lowest BCUT2D eigenvalue weighted by atomic mass is 10.1. The van der Waals surface area contributed by atoms with E-state index in [2.05, 4.69) is 9.51 Å². The van der Waals surface area contributed by atoms with E-state index in [0.29, 0.717) is 4.88 Å². The summed E-state index contributed by atoms with van der Waals surface area (Å²) in [5.74, 6) is 0. The second kappa shape index (κ2) is 9.41. The maximum atomic E-state index is 13.0. The van der Waals surface area contributed by atoms with Gasteiger partial charge >= 0.3 is 13.5 Å². The van der Waals surface area contributed by atoms with Gasteiger partial charge < -0.3 is 24.7 Å². The highest BCUT2D eigenvalue weighted by Crippen LogP contribution is 2.38. The van der Waals surface area contributed by atoms with Crippen LogP contribution in [0.25, 0.3) is 10.6 Å². The number of hydrogen-bond acceptors (Lipinski definition) is 9. The molecular formula is C19H20N3O9PS. The van der Waals surface area contributed by atoms with E-state index in [1.807, 2.05) is 30.3 Å². The monoisotopic (exact) mass is 497 g/mol. The van der Waals surface area contributed by atoms with Crippen LogP contribution in [0.4, 0.5) is 0 Å². The van der Waals surface area contributed by atoms with Crippen molar-refractivity contribution in [3.63, 3.8) is 0 Å². The van der Waals surface area contributed by atoms with E-state index < -0.39 is 50.2 Å². The van der Waals surface area contributed by atoms with E-state index in [0.717, 1.165) is 32.0 Å². The summed E-state index contributed by atoms with van der Waals surface area (Å²) in [7, 11) is -4.83. The Morgan fingerprint density at radius 3 is 2.55 bits per heavy atom. The van der Waals surface area contributed by atoms with Gasteiger partial charge in [0.2, 0.25) is 0 Å². The van der Waals surface area contributed by atoms with E-state index in [1.165, 1.54) is 11.3 Å². The van der Waals surface area contributed by atoms with Crippen LogP contribution in [-0.2, 0) is 20.4 Å². The number of thiazole rings is 1. The van der Waals surface area contributed by atoms with Gasteiger partial charge in [-0.05, 0) is 0 Å². The zero-order valence-corrected chi connectivity index (χ0v) is 18.6. The molecule has 3 aromatic rings. The molecule has 0 saturated carbocycles. The number of rotatable bonds is 7. The van der Waals surface area contributed by atoms with Gasteiger partial charge in [-0.25, -0.2) is 14.3 Å². The molecule has 1 fully saturated rings. The number of nitrogens with zero attached hydrogens (tertiary/aromatic N) is 3. The molecule has 0 amide bonds. The van der Waals surface area contributed by atoms with Crippen molar-refractivity contribution in [2.75, 3.05) is 6.61 Å². The van der Waals surface area contributed by atoms with Gasteiger partial charge in [0.05, 0.1) is 13.2 Å². The number of benzene rings is 1. The topological polar surface area (TPSA) is 173 Å². The summed E-state index contributed by atoms with van der Waals surface area (Å²) in [6.45, 7) is -0.782. The second-order valence-electron chi connectivity index (χ2n) is 7.26. The van der Waals surface area contributed by atoms with Crippen molar-refractivity contribution in [2.24, 2.45) is 0 Å². The normalized spacial score (nSPS) is 23.2. The van der Waals surface area contributed by atoms with Gasteiger partial charge in [-0.2, -0.15) is 0 Å². The molecule has 1 aliphatic rings. The first-order valence-electron chi connectivity index (χ1n) is 9.68. The summed E-state index contributed by atoms with van der Waals surface area (Å²) >= 11 is 1.32. The summed E-state index contributed by atoms with van der Waals surface area (Å²) in [6, 6.07) is 10.5. The van der Waals surface area contributed by atoms with Gasteiger partial charge in [0.15, 0.2) is 6.23 Å². The van der Waals surface area contributed by atoms with Gasteiger partial charge in [-0.3, -0.25) is 18.5 Å². The van der Waals surface area contributed by atoms with Gasteiger partial charge in [-0.15, -0.1) is 11.3 Å². The molecule has 176 valence electrons. The lowest BCUT2D eigenvalue weighted by Gasteiger charge is -2.18. The maximum absolute atomic E-state index is 13.0. The van der Waals surface area contributed by atoms with E-state index in [9.17, 15) is 24.4 Å². The van der Waals surface area contributed by atoms with Crippen molar-refractivity contribution in [1.82, 2.24) is 14.1 Å². The number of aliphatic hydroxyl groups is 2. The van der Waals surface area contributed by atoms with E-state index in [1.54, 1.807) is 6.20 Å². The summed E-state index contributed by atoms with van der Waals surface area (Å²) in [5.41, 5.74) is -0.489. The molecule has 4 atom stereocenters. The van der Waals surface area contributed by atoms with Gasteiger partial charge in [0.1, 0.15) is 23.3 Å². The van der Waals surface area contributed by atoms with Crippen LogP contribution < -0.4 is 11.2 Å². The Morgan fingerprint density at radius 1 is 1.12 bits per heavy atom. The molecule has 12 nitrogen and oxygen atoms in total. The van der Waals surface area contributed by atoms with Crippen LogP contribution in [0.15, 0.2) is 58.4 Å². The summed E-state index contributed by atoms with van der Waals surface area (Å²) in [5, 5.41) is 21.2. The SMILES string of the molecule is O=c1ccn([C@@H]2O[C@H](COP(=O)(O)O)[C@H](O)[C@@H]2O)c(=O)n1Cc1cnc(-c2ccccc2)s1. The van der Waals surface area contributed by atoms with Gasteiger partial charge in [0, 0.05) is 28.9 Å². The number of aliphatic hydroxyl groups excluding tert-OH is 2. The third-order valence-electron chi connectivity index (χ3n) is 5.00. The number of ether oxygens (including phenoxy) is 1. The number of hydrogen-bond donors (Lipinski definition) is 4. The Hall–Kier alpha value is -2.48. The highest BCUT2D eigenvalue weighted by Gasteiger charge is 2.45. The molecule has 0 bridgehead atoms. The molecule has 1 aromatic carbocycles. The van der Waals surface area contributed by atoms with E-state index in [-0.39, 0.29) is 6.54 Å². The lowest BCUT2D eigenvalue weighted by Crippen LogP contribution is -2.43. The number of aromatic nitrogens is 3. The molecule has 4 N–H and O–H groups in total. The Morgan fingerprint density at radius 2 is 1.85 bits per heavy atom. The zero-order valence-electron chi connectivity index (χ0n) is 16.9. The van der Waals surface area contributed by atoms with Gasteiger partial charge in [0.25, 0.3) is 5.56 Å². The largest absolute Gasteiger partial charge is 0.469 e. The molecule has 3 heterocycles. The molecule has 14 heteroatoms. The van der Waals surface area contributed by atoms with Crippen LogP contribution in [0.5, 0.6) is 0 Å². The fourth-order valence-electron chi connectivity index (χ4n) is 3.39. The Bertz CT molecular complexity index is 1290. The van der Waals surface area contributed by atoms with Gasteiger partial charge in [-0.1, -0.05) is 30.3 Å². The van der Waals surface area contributed by atoms with Crippen LogP contribution in [0.3, 0.4) is 0 Å². The van der Waals surface area contributed by atoms with Crippen molar-refractivity contribution in [2.45, 2.75) is 31.1 Å². The first-order chi connectivity index (χ1) is 15.6. The standard InChI is InChI=1S/C19H20N3O9PS/c23-14-6-7-21(18-16(25)15(24)13(31-18)10-30-32(27,28)29)19(26)22(14)9-12-8-20-17(33-12)11-4-2-1-3-5-11/h1-8,13,15-16,18,24-25H,9-10H2,(H2,27,28,29)/t13-,15+,16+,18-/m1/s1. The molecule has 0 unspecified atom stereocenters. The average Bonchev–Trinajstić information content (AvgIpc) is 3.35. The molecule has 33 heavy (non-hydrogen) atoms. The summed E-state index contributed by atoms with van der Waals surface area (Å²) in [6.07, 6.45) is -3.20. The quantitative estimate of drug-likeness (QED) is 0.323. The first kappa shape index (κ1) is 23.7. The molecule has 4 rings (SSSR count). The summed E-state index contributed by atoms with van der Waals surface area (Å²) < 4.78 is 22.5. The van der Waals surface area contributed by atoms with Crippen LogP contribution >= 0.6 is 19.2 Å². The minimum absolute atomic E-state index is 0.0703. The Kier molecular flexibility index (Phi) is 6.75. The van der Waals surface area contributed by atoms with Crippen molar-refractivity contribution in [3.05, 3.63) is 74.5 Å². The maximum Gasteiger partial charge on any atom is 0.469 e. The van der Waals surface area contributed by atoms with E-state index in [4.69, 9.17) is 14.5 Å². The highest BCUT2D eigenvalue weighted by molar-refractivity contribution is 7.46. The fourth-order valence-corrected chi connectivity index (χ4v) is 4.64. The van der Waals surface area contributed by atoms with Crippen molar-refractivity contribution in [3.8, 4) is 10.6 Å². The molecule has 0 radical (unpaired) electrons.